The number of halogens is 3. The van der Waals surface area contributed by atoms with E-state index in [0.29, 0.717) is 0 Å². The molecule has 8 heteroatoms. The number of carbonyl (C=O) groups is 1. The van der Waals surface area contributed by atoms with Gasteiger partial charge in [-0.1, -0.05) is 0 Å². The van der Waals surface area contributed by atoms with E-state index in [9.17, 15) is 23.1 Å². The van der Waals surface area contributed by atoms with Crippen molar-refractivity contribution in [3.05, 3.63) is 41.3 Å². The number of allylic oxidation sites excluding steroid dienone is 1. The average Bonchev–Trinajstić information content (AvgIpc) is 2.38. The molecule has 114 valence electrons. The van der Waals surface area contributed by atoms with Crippen molar-refractivity contribution in [2.75, 3.05) is 6.61 Å². The van der Waals surface area contributed by atoms with Crippen LogP contribution in [0.25, 0.3) is 0 Å². The van der Waals surface area contributed by atoms with Crippen LogP contribution in [0.15, 0.2) is 46.0 Å². The quantitative estimate of drug-likeness (QED) is 0.393. The maximum atomic E-state index is 12.4. The number of hydrogen-bond donors (Lipinski definition) is 1. The van der Waals surface area contributed by atoms with Crippen LogP contribution in [0.5, 0.6) is 0 Å². The molecule has 5 nitrogen and oxygen atoms in total. The van der Waals surface area contributed by atoms with Crippen LogP contribution in [0.3, 0.4) is 0 Å². The lowest BCUT2D eigenvalue weighted by Gasteiger charge is -2.05. The second-order valence-electron chi connectivity index (χ2n) is 3.90. The highest BCUT2D eigenvalue weighted by atomic mass is 19.4. The number of ether oxygens (including phenoxy) is 1. The lowest BCUT2D eigenvalue weighted by Crippen LogP contribution is -2.07. The van der Waals surface area contributed by atoms with E-state index in [1.54, 1.807) is 6.92 Å². The van der Waals surface area contributed by atoms with Crippen LogP contribution in [0.2, 0.25) is 0 Å². The number of benzene rings is 1. The third kappa shape index (κ3) is 4.90. The van der Waals surface area contributed by atoms with Gasteiger partial charge in [0, 0.05) is 0 Å². The highest BCUT2D eigenvalue weighted by Gasteiger charge is 2.29. The molecule has 0 atom stereocenters. The highest BCUT2D eigenvalue weighted by Crippen LogP contribution is 2.30. The van der Waals surface area contributed by atoms with Gasteiger partial charge in [-0.2, -0.15) is 18.3 Å². The van der Waals surface area contributed by atoms with E-state index in [2.05, 4.69) is 15.0 Å². The van der Waals surface area contributed by atoms with Crippen molar-refractivity contribution in [1.29, 1.82) is 0 Å². The summed E-state index contributed by atoms with van der Waals surface area (Å²) in [5, 5.41) is 16.4. The van der Waals surface area contributed by atoms with Crippen LogP contribution in [-0.4, -0.2) is 17.7 Å². The summed E-state index contributed by atoms with van der Waals surface area (Å²) in [6.45, 7) is 2.89. The van der Waals surface area contributed by atoms with E-state index < -0.39 is 29.2 Å². The van der Waals surface area contributed by atoms with Crippen molar-refractivity contribution in [2.24, 2.45) is 10.2 Å². The number of nitrogens with zero attached hydrogens (tertiary/aromatic N) is 2. The fourth-order valence-electron chi connectivity index (χ4n) is 1.29. The molecule has 0 unspecified atom stereocenters. The first kappa shape index (κ1) is 16.7. The molecule has 0 saturated heterocycles. The Labute approximate surface area is 118 Å². The van der Waals surface area contributed by atoms with Crippen molar-refractivity contribution in [3.8, 4) is 0 Å². The minimum atomic E-state index is -4.44. The van der Waals surface area contributed by atoms with Crippen molar-refractivity contribution >= 4 is 11.7 Å². The average molecular weight is 302 g/mol. The molecule has 0 heterocycles. The van der Waals surface area contributed by atoms with E-state index in [4.69, 9.17) is 0 Å². The zero-order valence-electron chi connectivity index (χ0n) is 11.3. The Hall–Kier alpha value is -2.38. The van der Waals surface area contributed by atoms with Gasteiger partial charge in [-0.15, -0.1) is 5.11 Å². The molecule has 1 aromatic carbocycles. The molecule has 0 saturated carbocycles. The monoisotopic (exact) mass is 302 g/mol. The van der Waals surface area contributed by atoms with Gasteiger partial charge in [0.05, 0.1) is 17.9 Å². The number of esters is 1. The first-order chi connectivity index (χ1) is 9.75. The second kappa shape index (κ2) is 6.87. The van der Waals surface area contributed by atoms with E-state index in [1.165, 1.54) is 6.92 Å². The summed E-state index contributed by atoms with van der Waals surface area (Å²) < 4.78 is 41.8. The summed E-state index contributed by atoms with van der Waals surface area (Å²) in [6, 6.07) is 3.88. The Balaban J connectivity index is 2.93. The molecule has 0 bridgehead atoms. The van der Waals surface area contributed by atoms with Gasteiger partial charge in [-0.3, -0.25) is 0 Å². The van der Waals surface area contributed by atoms with E-state index in [-0.39, 0.29) is 12.3 Å². The molecule has 0 amide bonds. The van der Waals surface area contributed by atoms with Crippen LogP contribution >= 0.6 is 0 Å². The third-order valence-corrected chi connectivity index (χ3v) is 2.27. The Morgan fingerprint density at radius 1 is 1.29 bits per heavy atom. The SMILES string of the molecule is CCOC(=O)/C(N=Nc1ccc(C(F)(F)F)cc1)=C(/C)O. The van der Waals surface area contributed by atoms with Gasteiger partial charge in [0.25, 0.3) is 0 Å². The van der Waals surface area contributed by atoms with E-state index in [0.717, 1.165) is 24.3 Å². The summed E-state index contributed by atoms with van der Waals surface area (Å²) >= 11 is 0. The van der Waals surface area contributed by atoms with Gasteiger partial charge in [0.15, 0.2) is 0 Å². The second-order valence-corrected chi connectivity index (χ2v) is 3.90. The predicted molar refractivity (Wildman–Crippen MR) is 67.9 cm³/mol. The molecule has 0 aromatic heterocycles. The Kier molecular flexibility index (Phi) is 5.45. The number of azo groups is 1. The predicted octanol–water partition coefficient (Wildman–Crippen LogP) is 4.14. The molecule has 1 rings (SSSR count). The number of carbonyl (C=O) groups excluding carboxylic acids is 1. The Bertz CT molecular complexity index is 559. The lowest BCUT2D eigenvalue weighted by atomic mass is 10.2. The number of aliphatic hydroxyl groups excluding tert-OH is 1. The maximum Gasteiger partial charge on any atom is 0.416 e. The summed E-state index contributed by atoms with van der Waals surface area (Å²) in [5.41, 5.74) is -1.12. The van der Waals surface area contributed by atoms with Gasteiger partial charge in [0.2, 0.25) is 5.70 Å². The van der Waals surface area contributed by atoms with Gasteiger partial charge in [0.1, 0.15) is 5.76 Å². The Morgan fingerprint density at radius 3 is 2.29 bits per heavy atom. The summed E-state index contributed by atoms with van der Waals surface area (Å²) in [5.74, 6) is -1.27. The number of alkyl halides is 3. The fourth-order valence-corrected chi connectivity index (χ4v) is 1.29. The van der Waals surface area contributed by atoms with Gasteiger partial charge in [-0.25, -0.2) is 4.79 Å². The first-order valence-corrected chi connectivity index (χ1v) is 5.91. The van der Waals surface area contributed by atoms with Crippen LogP contribution in [0.4, 0.5) is 18.9 Å². The molecule has 1 N–H and O–H groups in total. The minimum absolute atomic E-state index is 0.0887. The fraction of sp³-hybridized carbons (Fsp3) is 0.308. The molecule has 0 spiro atoms. The zero-order chi connectivity index (χ0) is 16.0. The van der Waals surface area contributed by atoms with Crippen LogP contribution in [-0.2, 0) is 15.7 Å². The Morgan fingerprint density at radius 2 is 1.86 bits per heavy atom. The normalized spacial score (nSPS) is 13.2. The molecule has 0 radical (unpaired) electrons. The number of hydrogen-bond acceptors (Lipinski definition) is 5. The van der Waals surface area contributed by atoms with Gasteiger partial charge < -0.3 is 9.84 Å². The van der Waals surface area contributed by atoms with Crippen molar-refractivity contribution in [2.45, 2.75) is 20.0 Å². The third-order valence-electron chi connectivity index (χ3n) is 2.27. The van der Waals surface area contributed by atoms with E-state index >= 15 is 0 Å². The molecule has 0 fully saturated rings. The van der Waals surface area contributed by atoms with Crippen LogP contribution in [0.1, 0.15) is 19.4 Å². The maximum absolute atomic E-state index is 12.4. The molecular formula is C13H13F3N2O3. The zero-order valence-corrected chi connectivity index (χ0v) is 11.3. The van der Waals surface area contributed by atoms with Gasteiger partial charge >= 0.3 is 12.1 Å². The molecular weight excluding hydrogens is 289 g/mol. The van der Waals surface area contributed by atoms with Crippen molar-refractivity contribution < 1.29 is 27.8 Å². The smallest absolute Gasteiger partial charge is 0.416 e. The summed E-state index contributed by atoms with van der Waals surface area (Å²) in [6.07, 6.45) is -4.44. The van der Waals surface area contributed by atoms with Crippen molar-refractivity contribution in [3.63, 3.8) is 0 Å². The largest absolute Gasteiger partial charge is 0.510 e. The molecule has 0 aliphatic rings. The first-order valence-electron chi connectivity index (χ1n) is 5.91. The number of aliphatic hydroxyl groups is 1. The highest BCUT2D eigenvalue weighted by molar-refractivity contribution is 5.88. The molecule has 0 aliphatic heterocycles. The summed E-state index contributed by atoms with van der Waals surface area (Å²) in [4.78, 5) is 11.4. The minimum Gasteiger partial charge on any atom is -0.510 e. The van der Waals surface area contributed by atoms with Gasteiger partial charge in [-0.05, 0) is 38.1 Å². The molecule has 1 aromatic rings. The standard InChI is InChI=1S/C13H13F3N2O3/c1-3-21-12(20)11(8(2)19)18-17-10-6-4-9(5-7-10)13(14,15)16/h4-7,19H,3H2,1-2H3/b11-8+,18-17?. The topological polar surface area (TPSA) is 71.2 Å². The lowest BCUT2D eigenvalue weighted by molar-refractivity contribution is -0.139. The summed E-state index contributed by atoms with van der Waals surface area (Å²) in [7, 11) is 0. The van der Waals surface area contributed by atoms with Crippen LogP contribution in [0, 0.1) is 0 Å². The molecule has 21 heavy (non-hydrogen) atoms. The number of rotatable bonds is 4. The van der Waals surface area contributed by atoms with Crippen molar-refractivity contribution in [1.82, 2.24) is 0 Å². The molecule has 0 aliphatic carbocycles. The van der Waals surface area contributed by atoms with Crippen LogP contribution < -0.4 is 0 Å². The van der Waals surface area contributed by atoms with E-state index in [1.807, 2.05) is 0 Å².